The van der Waals surface area contributed by atoms with Gasteiger partial charge in [0.05, 0.1) is 0 Å². The molecule has 0 saturated carbocycles. The van der Waals surface area contributed by atoms with Crippen LogP contribution in [-0.4, -0.2) is 27.2 Å². The molecule has 6 heteroatoms. The Kier molecular flexibility index (Phi) is 5.09. The molecule has 2 N–H and O–H groups in total. The number of aliphatic carboxylic acids is 1. The van der Waals surface area contributed by atoms with Gasteiger partial charge >= 0.3 is 5.97 Å². The minimum Gasteiger partial charge on any atom is -0.481 e. The summed E-state index contributed by atoms with van der Waals surface area (Å²) >= 11 is 0. The highest BCUT2D eigenvalue weighted by Gasteiger charge is 2.19. The van der Waals surface area contributed by atoms with Crippen LogP contribution in [0.4, 0.5) is 5.82 Å². The maximum Gasteiger partial charge on any atom is 0.303 e. The largest absolute Gasteiger partial charge is 0.481 e. The van der Waals surface area contributed by atoms with Crippen molar-refractivity contribution in [1.29, 1.82) is 0 Å². The number of nitrogens with zero attached hydrogens (tertiary/aromatic N) is 2. The predicted octanol–water partition coefficient (Wildman–Crippen LogP) is 1.47. The van der Waals surface area contributed by atoms with E-state index < -0.39 is 5.97 Å². The maximum absolute atomic E-state index is 11.7. The van der Waals surface area contributed by atoms with Gasteiger partial charge in [-0.1, -0.05) is 13.8 Å². The molecule has 0 saturated heterocycles. The van der Waals surface area contributed by atoms with Crippen LogP contribution in [0.1, 0.15) is 33.1 Å². The molecule has 0 atom stereocenters. The van der Waals surface area contributed by atoms with Gasteiger partial charge < -0.3 is 15.0 Å². The van der Waals surface area contributed by atoms with Crippen LogP contribution in [0, 0.1) is 5.41 Å². The summed E-state index contributed by atoms with van der Waals surface area (Å²) in [6.07, 6.45) is 4.73. The normalized spacial score (nSPS) is 11.3. The van der Waals surface area contributed by atoms with Crippen molar-refractivity contribution in [3.63, 3.8) is 0 Å². The Balaban J connectivity index is 2.47. The Labute approximate surface area is 112 Å². The summed E-state index contributed by atoms with van der Waals surface area (Å²) < 4.78 is 1.46. The predicted molar refractivity (Wildman–Crippen MR) is 73.2 cm³/mol. The zero-order valence-corrected chi connectivity index (χ0v) is 11.6. The quantitative estimate of drug-likeness (QED) is 0.781. The molecule has 0 spiro atoms. The molecule has 6 nitrogen and oxygen atoms in total. The number of carboxylic acids is 1. The molecular formula is C13H21N3O3. The van der Waals surface area contributed by atoms with E-state index in [4.69, 9.17) is 5.11 Å². The first-order valence-corrected chi connectivity index (χ1v) is 6.29. The van der Waals surface area contributed by atoms with Gasteiger partial charge in [0.25, 0.3) is 5.56 Å². The minimum atomic E-state index is -0.778. The highest BCUT2D eigenvalue weighted by atomic mass is 16.4. The molecule has 0 aromatic carbocycles. The zero-order chi connectivity index (χ0) is 14.5. The van der Waals surface area contributed by atoms with Crippen LogP contribution in [0.2, 0.25) is 0 Å². The number of hydrogen-bond acceptors (Lipinski definition) is 4. The Hall–Kier alpha value is -1.85. The van der Waals surface area contributed by atoms with Crippen molar-refractivity contribution in [1.82, 2.24) is 9.55 Å². The van der Waals surface area contributed by atoms with Crippen LogP contribution >= 0.6 is 0 Å². The molecular weight excluding hydrogens is 246 g/mol. The summed E-state index contributed by atoms with van der Waals surface area (Å²) in [4.78, 5) is 26.2. The number of anilines is 1. The molecule has 0 radical (unpaired) electrons. The van der Waals surface area contributed by atoms with Gasteiger partial charge in [0.15, 0.2) is 5.82 Å². The first-order chi connectivity index (χ1) is 8.82. The molecule has 0 fully saturated rings. The average Bonchev–Trinajstić information content (AvgIpc) is 2.32. The van der Waals surface area contributed by atoms with Crippen LogP contribution < -0.4 is 10.9 Å². The van der Waals surface area contributed by atoms with Crippen molar-refractivity contribution in [3.05, 3.63) is 22.7 Å². The number of rotatable bonds is 7. The second-order valence-corrected chi connectivity index (χ2v) is 5.43. The molecule has 1 heterocycles. The van der Waals surface area contributed by atoms with Crippen LogP contribution in [-0.2, 0) is 11.8 Å². The summed E-state index contributed by atoms with van der Waals surface area (Å²) in [5, 5.41) is 11.7. The highest BCUT2D eigenvalue weighted by Crippen LogP contribution is 2.26. The van der Waals surface area contributed by atoms with Gasteiger partial charge in [-0.25, -0.2) is 4.98 Å². The fourth-order valence-electron chi connectivity index (χ4n) is 1.71. The van der Waals surface area contributed by atoms with Crippen LogP contribution in [0.25, 0.3) is 0 Å². The third-order valence-electron chi connectivity index (χ3n) is 3.13. The van der Waals surface area contributed by atoms with Gasteiger partial charge in [0.2, 0.25) is 0 Å². The standard InChI is InChI=1S/C13H21N3O3/c1-13(2,5-4-10(17)18)6-7-14-11-12(19)16(3)9-8-15-11/h8-9H,4-7H2,1-3H3,(H,14,15)(H,17,18). The van der Waals surface area contributed by atoms with E-state index in [1.165, 1.54) is 4.57 Å². The SMILES string of the molecule is Cn1ccnc(NCCC(C)(C)CCC(=O)O)c1=O. The first-order valence-electron chi connectivity index (χ1n) is 6.29. The van der Waals surface area contributed by atoms with Gasteiger partial charge in [0.1, 0.15) is 0 Å². The second kappa shape index (κ2) is 6.36. The smallest absolute Gasteiger partial charge is 0.303 e. The summed E-state index contributed by atoms with van der Waals surface area (Å²) in [6.45, 7) is 4.64. The molecule has 19 heavy (non-hydrogen) atoms. The fourth-order valence-corrected chi connectivity index (χ4v) is 1.71. The van der Waals surface area contributed by atoms with Gasteiger partial charge in [-0.3, -0.25) is 9.59 Å². The minimum absolute atomic E-state index is 0.0780. The fraction of sp³-hybridized carbons (Fsp3) is 0.615. The Morgan fingerprint density at radius 3 is 2.79 bits per heavy atom. The third kappa shape index (κ3) is 5.11. The monoisotopic (exact) mass is 267 g/mol. The maximum atomic E-state index is 11.7. The summed E-state index contributed by atoms with van der Waals surface area (Å²) in [7, 11) is 1.67. The number of carbonyl (C=O) groups is 1. The summed E-state index contributed by atoms with van der Waals surface area (Å²) in [6, 6.07) is 0. The number of carboxylic acid groups (broad SMARTS) is 1. The molecule has 0 aliphatic carbocycles. The van der Waals surface area contributed by atoms with E-state index in [0.29, 0.717) is 18.8 Å². The van der Waals surface area contributed by atoms with Crippen LogP contribution in [0.15, 0.2) is 17.2 Å². The lowest BCUT2D eigenvalue weighted by atomic mass is 9.84. The molecule has 106 valence electrons. The van der Waals surface area contributed by atoms with E-state index in [9.17, 15) is 9.59 Å². The summed E-state index contributed by atoms with van der Waals surface area (Å²) in [5.74, 6) is -0.446. The van der Waals surface area contributed by atoms with Gasteiger partial charge in [-0.2, -0.15) is 0 Å². The van der Waals surface area contributed by atoms with E-state index >= 15 is 0 Å². The van der Waals surface area contributed by atoms with E-state index in [2.05, 4.69) is 10.3 Å². The molecule has 0 unspecified atom stereocenters. The number of hydrogen-bond donors (Lipinski definition) is 2. The molecule has 0 bridgehead atoms. The number of aromatic nitrogens is 2. The van der Waals surface area contributed by atoms with Crippen LogP contribution in [0.5, 0.6) is 0 Å². The van der Waals surface area contributed by atoms with E-state index in [0.717, 1.165) is 6.42 Å². The van der Waals surface area contributed by atoms with Crippen molar-refractivity contribution in [3.8, 4) is 0 Å². The topological polar surface area (TPSA) is 84.2 Å². The van der Waals surface area contributed by atoms with Crippen molar-refractivity contribution in [2.75, 3.05) is 11.9 Å². The van der Waals surface area contributed by atoms with E-state index in [1.807, 2.05) is 13.8 Å². The van der Waals surface area contributed by atoms with Crippen molar-refractivity contribution < 1.29 is 9.90 Å². The number of aryl methyl sites for hydroxylation is 1. The Bertz CT molecular complexity index is 494. The van der Waals surface area contributed by atoms with Gasteiger partial charge in [-0.15, -0.1) is 0 Å². The lowest BCUT2D eigenvalue weighted by molar-refractivity contribution is -0.137. The van der Waals surface area contributed by atoms with E-state index in [1.54, 1.807) is 19.4 Å². The number of nitrogens with one attached hydrogen (secondary N) is 1. The molecule has 1 aromatic heterocycles. The van der Waals surface area contributed by atoms with Crippen LogP contribution in [0.3, 0.4) is 0 Å². The van der Waals surface area contributed by atoms with Crippen molar-refractivity contribution in [2.45, 2.75) is 33.1 Å². The molecule has 1 aromatic rings. The lowest BCUT2D eigenvalue weighted by Crippen LogP contribution is -2.24. The molecule has 0 aliphatic rings. The Morgan fingerprint density at radius 2 is 2.16 bits per heavy atom. The molecule has 0 aliphatic heterocycles. The van der Waals surface area contributed by atoms with Crippen molar-refractivity contribution >= 4 is 11.8 Å². The molecule has 0 amide bonds. The highest BCUT2D eigenvalue weighted by molar-refractivity contribution is 5.66. The second-order valence-electron chi connectivity index (χ2n) is 5.43. The zero-order valence-electron chi connectivity index (χ0n) is 11.6. The first kappa shape index (κ1) is 15.2. The Morgan fingerprint density at radius 1 is 1.47 bits per heavy atom. The third-order valence-corrected chi connectivity index (χ3v) is 3.13. The van der Waals surface area contributed by atoms with Gasteiger partial charge in [-0.05, 0) is 18.3 Å². The molecule has 1 rings (SSSR count). The van der Waals surface area contributed by atoms with E-state index in [-0.39, 0.29) is 17.4 Å². The van der Waals surface area contributed by atoms with Gasteiger partial charge in [0, 0.05) is 32.4 Å². The average molecular weight is 267 g/mol. The lowest BCUT2D eigenvalue weighted by Gasteiger charge is -2.23. The summed E-state index contributed by atoms with van der Waals surface area (Å²) in [5.41, 5.74) is -0.239. The van der Waals surface area contributed by atoms with Crippen molar-refractivity contribution in [2.24, 2.45) is 12.5 Å².